The zero-order valence-corrected chi connectivity index (χ0v) is 20.1. The number of aliphatic hydroxyl groups is 2. The van der Waals surface area contributed by atoms with Gasteiger partial charge in [0, 0.05) is 17.6 Å². The Kier molecular flexibility index (Phi) is 6.18. The highest BCUT2D eigenvalue weighted by Crippen LogP contribution is 2.54. The molecule has 0 radical (unpaired) electrons. The van der Waals surface area contributed by atoms with E-state index in [2.05, 4.69) is 0 Å². The molecule has 0 aromatic heterocycles. The maximum Gasteiger partial charge on any atom is 0.328 e. The number of fused-ring (bicyclic) bond motifs is 3. The minimum atomic E-state index is -3.08. The number of carbonyl (C=O) groups excluding carboxylic acids is 5. The van der Waals surface area contributed by atoms with Crippen molar-refractivity contribution >= 4 is 41.1 Å². The molecule has 8 atom stereocenters. The summed E-state index contributed by atoms with van der Waals surface area (Å²) >= 11 is 0. The number of primary amides is 1. The summed E-state index contributed by atoms with van der Waals surface area (Å²) in [4.78, 5) is 78.1. The van der Waals surface area contributed by atoms with Gasteiger partial charge in [-0.2, -0.15) is 0 Å². The molecular formula is C25H26N2O10. The van der Waals surface area contributed by atoms with E-state index in [1.54, 1.807) is 6.92 Å². The highest BCUT2D eigenvalue weighted by Gasteiger charge is 2.72. The lowest BCUT2D eigenvalue weighted by atomic mass is 9.49. The number of Topliss-reactive ketones (excluding diaryl/α,β-unsaturated/α-hetero) is 4. The molecule has 0 heterocycles. The first-order chi connectivity index (χ1) is 17.2. The summed E-state index contributed by atoms with van der Waals surface area (Å²) in [5, 5.41) is 42.8. The van der Waals surface area contributed by atoms with Crippen LogP contribution in [0.4, 0.5) is 0 Å². The van der Waals surface area contributed by atoms with Gasteiger partial charge in [0.15, 0.2) is 34.7 Å². The fourth-order valence-corrected chi connectivity index (χ4v) is 6.30. The fourth-order valence-electron chi connectivity index (χ4n) is 6.30. The molecular weight excluding hydrogens is 488 g/mol. The Morgan fingerprint density at radius 1 is 1.11 bits per heavy atom. The minimum absolute atomic E-state index is 0.0265. The Morgan fingerprint density at radius 2 is 1.73 bits per heavy atom. The Morgan fingerprint density at radius 3 is 2.27 bits per heavy atom. The molecule has 12 heteroatoms. The van der Waals surface area contributed by atoms with Crippen LogP contribution in [-0.4, -0.2) is 92.2 Å². The molecule has 1 aromatic rings. The number of nitrogens with two attached hydrogens (primary N) is 1. The van der Waals surface area contributed by atoms with Crippen molar-refractivity contribution in [2.24, 2.45) is 29.4 Å². The Balaban J connectivity index is 1.93. The number of amides is 1. The standard InChI is InChI=1S/C25H26N2O10/c1-8-10-6-4-9(5-7-11(28)29)18(30)13(10)19(31)14-12(8)20(32)16-17(27(2)3)21(33)15(24(26)36)23(35)25(16,37)22(14)34/h4-8,12,14-17,20,30,32,37H,1-3H3,(H2,26,36)(H,28,29)/b7-5+/t8-,12+,14?,15?,16+,17-,20-,25-/m1/s1. The lowest BCUT2D eigenvalue weighted by molar-refractivity contribution is -0.196. The molecule has 2 saturated carbocycles. The lowest BCUT2D eigenvalue weighted by Gasteiger charge is -2.56. The summed E-state index contributed by atoms with van der Waals surface area (Å²) in [7, 11) is 2.82. The summed E-state index contributed by atoms with van der Waals surface area (Å²) in [6, 6.07) is 1.39. The summed E-state index contributed by atoms with van der Waals surface area (Å²) in [6.45, 7) is 1.58. The molecule has 3 aliphatic rings. The number of hydrogen-bond acceptors (Lipinski definition) is 10. The number of ketones is 4. The van der Waals surface area contributed by atoms with Crippen LogP contribution in [0.5, 0.6) is 5.75 Å². The normalized spacial score (nSPS) is 35.4. The third-order valence-electron chi connectivity index (χ3n) is 7.93. The van der Waals surface area contributed by atoms with Gasteiger partial charge in [-0.15, -0.1) is 0 Å². The lowest BCUT2D eigenvalue weighted by Crippen LogP contribution is -2.77. The van der Waals surface area contributed by atoms with Crippen LogP contribution in [0.1, 0.15) is 34.3 Å². The molecule has 1 amide bonds. The number of phenolic OH excluding ortho intramolecular Hbond substituents is 1. The Bertz CT molecular complexity index is 1300. The summed E-state index contributed by atoms with van der Waals surface area (Å²) in [5.74, 6) is -15.6. The van der Waals surface area contributed by atoms with E-state index in [0.717, 1.165) is 12.2 Å². The number of rotatable bonds is 4. The van der Waals surface area contributed by atoms with Crippen LogP contribution in [0.3, 0.4) is 0 Å². The third-order valence-corrected chi connectivity index (χ3v) is 7.93. The summed E-state index contributed by atoms with van der Waals surface area (Å²) < 4.78 is 0. The number of likely N-dealkylation sites (N-methyl/N-ethyl adjacent to an activating group) is 1. The molecule has 3 aliphatic carbocycles. The highest BCUT2D eigenvalue weighted by molar-refractivity contribution is 6.32. The first kappa shape index (κ1) is 26.3. The van der Waals surface area contributed by atoms with E-state index in [0.29, 0.717) is 0 Å². The van der Waals surface area contributed by atoms with Crippen molar-refractivity contribution in [1.82, 2.24) is 4.90 Å². The molecule has 1 aromatic carbocycles. The zero-order chi connectivity index (χ0) is 27.7. The minimum Gasteiger partial charge on any atom is -0.507 e. The smallest absolute Gasteiger partial charge is 0.328 e. The number of carbonyl (C=O) groups is 6. The molecule has 0 aliphatic heterocycles. The van der Waals surface area contributed by atoms with E-state index in [-0.39, 0.29) is 16.7 Å². The maximum absolute atomic E-state index is 13.8. The molecule has 4 rings (SSSR count). The number of aliphatic hydroxyl groups excluding tert-OH is 1. The van der Waals surface area contributed by atoms with Crippen LogP contribution < -0.4 is 5.73 Å². The number of hydrogen-bond donors (Lipinski definition) is 5. The number of aromatic hydroxyl groups is 1. The molecule has 12 nitrogen and oxygen atoms in total. The number of carboxylic acids is 1. The van der Waals surface area contributed by atoms with Crippen LogP contribution in [0.25, 0.3) is 6.08 Å². The molecule has 0 saturated heterocycles. The summed E-state index contributed by atoms with van der Waals surface area (Å²) in [6.07, 6.45) is 0.0772. The van der Waals surface area contributed by atoms with Gasteiger partial charge in [0.2, 0.25) is 5.91 Å². The third kappa shape index (κ3) is 3.47. The molecule has 37 heavy (non-hydrogen) atoms. The first-order valence-corrected chi connectivity index (χ1v) is 11.5. The van der Waals surface area contributed by atoms with E-state index >= 15 is 0 Å². The van der Waals surface area contributed by atoms with Crippen molar-refractivity contribution < 1.29 is 49.2 Å². The second-order valence-electron chi connectivity index (χ2n) is 10.0. The van der Waals surface area contributed by atoms with Gasteiger partial charge in [0.05, 0.1) is 29.5 Å². The Labute approximate surface area is 210 Å². The SMILES string of the molecule is C[C@@H]1c2ccc(/C=C/C(=O)O)c(O)c2C(=O)C2C(=O)[C@@]3(O)C(=O)C(C(N)=O)C(=O)[C@H](N(C)C)[C@H]3[C@H](O)[C@H]21. The van der Waals surface area contributed by atoms with Gasteiger partial charge in [-0.25, -0.2) is 4.79 Å². The van der Waals surface area contributed by atoms with Crippen LogP contribution in [-0.2, 0) is 24.0 Å². The van der Waals surface area contributed by atoms with E-state index in [1.807, 2.05) is 0 Å². The van der Waals surface area contributed by atoms with Crippen molar-refractivity contribution in [3.05, 3.63) is 34.9 Å². The molecule has 196 valence electrons. The number of benzene rings is 1. The molecule has 0 spiro atoms. The molecule has 6 N–H and O–H groups in total. The topological polar surface area (TPSA) is 213 Å². The molecule has 2 fully saturated rings. The maximum atomic E-state index is 13.8. The quantitative estimate of drug-likeness (QED) is 0.230. The van der Waals surface area contributed by atoms with Crippen molar-refractivity contribution in [1.29, 1.82) is 0 Å². The fraction of sp³-hybridized carbons (Fsp3) is 0.440. The Hall–Kier alpha value is -3.74. The summed E-state index contributed by atoms with van der Waals surface area (Å²) in [5.41, 5.74) is 2.12. The van der Waals surface area contributed by atoms with E-state index < -0.39 is 88.1 Å². The largest absolute Gasteiger partial charge is 0.507 e. The second kappa shape index (κ2) is 8.68. The number of aliphatic carboxylic acids is 1. The van der Waals surface area contributed by atoms with Crippen molar-refractivity contribution in [3.8, 4) is 5.75 Å². The van der Waals surface area contributed by atoms with Crippen LogP contribution in [0.2, 0.25) is 0 Å². The van der Waals surface area contributed by atoms with Crippen LogP contribution in [0, 0.1) is 23.7 Å². The average Bonchev–Trinajstić information content (AvgIpc) is 2.80. The average molecular weight is 514 g/mol. The van der Waals surface area contributed by atoms with Gasteiger partial charge in [0.1, 0.15) is 5.75 Å². The van der Waals surface area contributed by atoms with Gasteiger partial charge >= 0.3 is 5.97 Å². The predicted molar refractivity (Wildman–Crippen MR) is 124 cm³/mol. The van der Waals surface area contributed by atoms with Gasteiger partial charge in [-0.1, -0.05) is 19.1 Å². The van der Waals surface area contributed by atoms with Crippen molar-refractivity contribution in [3.63, 3.8) is 0 Å². The zero-order valence-electron chi connectivity index (χ0n) is 20.1. The first-order valence-electron chi connectivity index (χ1n) is 11.5. The predicted octanol–water partition coefficient (Wildman–Crippen LogP) is -1.50. The van der Waals surface area contributed by atoms with E-state index in [1.165, 1.54) is 31.1 Å². The van der Waals surface area contributed by atoms with Gasteiger partial charge < -0.3 is 26.2 Å². The van der Waals surface area contributed by atoms with Gasteiger partial charge in [0.25, 0.3) is 0 Å². The van der Waals surface area contributed by atoms with Crippen LogP contribution >= 0.6 is 0 Å². The molecule has 0 bridgehead atoms. The van der Waals surface area contributed by atoms with E-state index in [9.17, 15) is 44.1 Å². The number of phenols is 1. The van der Waals surface area contributed by atoms with Crippen molar-refractivity contribution in [2.75, 3.05) is 14.1 Å². The van der Waals surface area contributed by atoms with Gasteiger partial charge in [-0.3, -0.25) is 28.9 Å². The molecule has 2 unspecified atom stereocenters. The van der Waals surface area contributed by atoms with Gasteiger partial charge in [-0.05, 0) is 31.7 Å². The van der Waals surface area contributed by atoms with Crippen molar-refractivity contribution in [2.45, 2.75) is 30.6 Å². The highest BCUT2D eigenvalue weighted by atomic mass is 16.4. The number of nitrogens with zero attached hydrogens (tertiary/aromatic N) is 1. The van der Waals surface area contributed by atoms with E-state index in [4.69, 9.17) is 10.8 Å². The second-order valence-corrected chi connectivity index (χ2v) is 10.0. The number of carboxylic acid groups (broad SMARTS) is 1. The monoisotopic (exact) mass is 514 g/mol. The van der Waals surface area contributed by atoms with Crippen LogP contribution in [0.15, 0.2) is 18.2 Å².